The normalized spacial score (nSPS) is 13.5. The smallest absolute Gasteiger partial charge is 0.340 e. The molecule has 27 heavy (non-hydrogen) atoms. The van der Waals surface area contributed by atoms with E-state index in [4.69, 9.17) is 4.74 Å². The van der Waals surface area contributed by atoms with E-state index in [0.29, 0.717) is 21.6 Å². The van der Waals surface area contributed by atoms with Gasteiger partial charge in [-0.15, -0.1) is 23.1 Å². The number of nitriles is 1. The van der Waals surface area contributed by atoms with Crippen LogP contribution in [0.25, 0.3) is 4.96 Å². The fraction of sp³-hybridized carbons (Fsp3) is 0.278. The fourth-order valence-electron chi connectivity index (χ4n) is 2.72. The number of pyridine rings is 1. The molecule has 1 aliphatic carbocycles. The average molecular weight is 398 g/mol. The van der Waals surface area contributed by atoms with Gasteiger partial charge in [0.2, 0.25) is 0 Å². The van der Waals surface area contributed by atoms with Crippen molar-refractivity contribution in [3.63, 3.8) is 0 Å². The zero-order valence-corrected chi connectivity index (χ0v) is 16.0. The van der Waals surface area contributed by atoms with Gasteiger partial charge >= 0.3 is 5.97 Å². The molecule has 1 saturated carbocycles. The highest BCUT2D eigenvalue weighted by molar-refractivity contribution is 7.98. The number of rotatable bonds is 5. The van der Waals surface area contributed by atoms with Crippen molar-refractivity contribution < 1.29 is 9.53 Å². The van der Waals surface area contributed by atoms with Crippen LogP contribution in [0.3, 0.4) is 0 Å². The Morgan fingerprint density at radius 2 is 2.26 bits per heavy atom. The molecule has 0 bridgehead atoms. The van der Waals surface area contributed by atoms with Gasteiger partial charge in [-0.1, -0.05) is 0 Å². The summed E-state index contributed by atoms with van der Waals surface area (Å²) >= 11 is 2.66. The molecule has 136 valence electrons. The molecule has 0 atom stereocenters. The quantitative estimate of drug-likeness (QED) is 0.481. The molecule has 0 aromatic carbocycles. The summed E-state index contributed by atoms with van der Waals surface area (Å²) in [4.78, 5) is 34.0. The van der Waals surface area contributed by atoms with Gasteiger partial charge in [0.05, 0.1) is 16.8 Å². The van der Waals surface area contributed by atoms with Gasteiger partial charge in [0, 0.05) is 29.3 Å². The Hall–Kier alpha value is -2.70. The van der Waals surface area contributed by atoms with Gasteiger partial charge in [-0.3, -0.25) is 9.20 Å². The summed E-state index contributed by atoms with van der Waals surface area (Å²) in [5.74, 6) is -0.266. The molecule has 1 fully saturated rings. The molecule has 0 N–H and O–H groups in total. The lowest BCUT2D eigenvalue weighted by Gasteiger charge is -2.10. The number of fused-ring (bicyclic) bond motifs is 1. The number of thiazole rings is 1. The molecule has 9 heteroatoms. The maximum Gasteiger partial charge on any atom is 0.340 e. The van der Waals surface area contributed by atoms with Crippen LogP contribution < -0.4 is 5.56 Å². The van der Waals surface area contributed by atoms with Crippen molar-refractivity contribution in [2.45, 2.75) is 30.4 Å². The van der Waals surface area contributed by atoms with Crippen LogP contribution in [-0.4, -0.2) is 26.6 Å². The Morgan fingerprint density at radius 3 is 2.96 bits per heavy atom. The van der Waals surface area contributed by atoms with E-state index in [1.165, 1.54) is 33.6 Å². The van der Waals surface area contributed by atoms with Gasteiger partial charge in [0.25, 0.3) is 5.56 Å². The molecule has 4 rings (SSSR count). The van der Waals surface area contributed by atoms with Crippen LogP contribution >= 0.6 is 23.1 Å². The summed E-state index contributed by atoms with van der Waals surface area (Å²) < 4.78 is 6.79. The average Bonchev–Trinajstić information content (AvgIpc) is 3.42. The van der Waals surface area contributed by atoms with Crippen molar-refractivity contribution in [1.29, 1.82) is 5.26 Å². The van der Waals surface area contributed by atoms with Crippen LogP contribution in [0.4, 0.5) is 0 Å². The summed E-state index contributed by atoms with van der Waals surface area (Å²) in [6.07, 6.45) is 5.54. The molecule has 7 nitrogen and oxygen atoms in total. The highest BCUT2D eigenvalue weighted by atomic mass is 32.2. The van der Waals surface area contributed by atoms with E-state index < -0.39 is 5.97 Å². The zero-order chi connectivity index (χ0) is 19.0. The standard InChI is InChI=1S/C18H14N4O3S2/c1-26-16-13(8-19)12(7-14(21-16)10-2-3-10)17(24)25-9-11-6-15(23)22-4-5-27-18(22)20-11/h4-7,10H,2-3,9H2,1H3. The van der Waals surface area contributed by atoms with E-state index >= 15 is 0 Å². The van der Waals surface area contributed by atoms with Gasteiger partial charge in [-0.05, 0) is 25.2 Å². The lowest BCUT2D eigenvalue weighted by molar-refractivity contribution is 0.0466. The van der Waals surface area contributed by atoms with Crippen LogP contribution in [0.2, 0.25) is 0 Å². The highest BCUT2D eigenvalue weighted by Gasteiger charge is 2.29. The topological polar surface area (TPSA) is 97.3 Å². The number of hydrogen-bond acceptors (Lipinski definition) is 8. The summed E-state index contributed by atoms with van der Waals surface area (Å²) in [6.45, 7) is -0.136. The van der Waals surface area contributed by atoms with Gasteiger partial charge in [-0.25, -0.2) is 14.8 Å². The predicted octanol–water partition coefficient (Wildman–Crippen LogP) is 2.98. The van der Waals surface area contributed by atoms with Crippen molar-refractivity contribution in [3.8, 4) is 6.07 Å². The van der Waals surface area contributed by atoms with E-state index in [1.807, 2.05) is 6.26 Å². The summed E-state index contributed by atoms with van der Waals surface area (Å²) in [5, 5.41) is 11.8. The first-order valence-corrected chi connectivity index (χ1v) is 10.3. The van der Waals surface area contributed by atoms with Crippen molar-refractivity contribution in [3.05, 3.63) is 56.6 Å². The van der Waals surface area contributed by atoms with Crippen LogP contribution in [0.1, 0.15) is 46.1 Å². The molecule has 0 radical (unpaired) electrons. The number of ether oxygens (including phenoxy) is 1. The Morgan fingerprint density at radius 1 is 1.44 bits per heavy atom. The Labute approximate surface area is 162 Å². The van der Waals surface area contributed by atoms with E-state index in [-0.39, 0.29) is 23.3 Å². The molecule has 1 aliphatic rings. The Balaban J connectivity index is 1.61. The second-order valence-corrected chi connectivity index (χ2v) is 7.75. The van der Waals surface area contributed by atoms with Crippen LogP contribution in [0.5, 0.6) is 0 Å². The molecule has 0 saturated heterocycles. The second kappa shape index (κ2) is 7.13. The summed E-state index contributed by atoms with van der Waals surface area (Å²) in [5.41, 5.74) is 1.40. The lowest BCUT2D eigenvalue weighted by atomic mass is 10.1. The number of thioether (sulfide) groups is 1. The summed E-state index contributed by atoms with van der Waals surface area (Å²) in [7, 11) is 0. The number of nitrogens with zero attached hydrogens (tertiary/aromatic N) is 4. The predicted molar refractivity (Wildman–Crippen MR) is 101 cm³/mol. The molecule has 3 aromatic rings. The number of esters is 1. The number of hydrogen-bond donors (Lipinski definition) is 0. The molecule has 0 aliphatic heterocycles. The maximum atomic E-state index is 12.6. The number of carbonyl (C=O) groups is 1. The Bertz CT molecular complexity index is 1140. The lowest BCUT2D eigenvalue weighted by Crippen LogP contribution is -2.15. The molecular weight excluding hydrogens is 384 g/mol. The van der Waals surface area contributed by atoms with Gasteiger partial charge in [-0.2, -0.15) is 5.26 Å². The first-order chi connectivity index (χ1) is 13.1. The highest BCUT2D eigenvalue weighted by Crippen LogP contribution is 2.40. The number of carbonyl (C=O) groups excluding carboxylic acids is 1. The minimum atomic E-state index is -0.612. The Kier molecular flexibility index (Phi) is 4.68. The largest absolute Gasteiger partial charge is 0.456 e. The third-order valence-corrected chi connectivity index (χ3v) is 5.67. The number of aromatic nitrogens is 3. The van der Waals surface area contributed by atoms with Gasteiger partial charge in [0.1, 0.15) is 17.7 Å². The van der Waals surface area contributed by atoms with E-state index in [0.717, 1.165) is 18.5 Å². The first-order valence-electron chi connectivity index (χ1n) is 8.22. The molecule has 3 aromatic heterocycles. The molecule has 0 unspecified atom stereocenters. The van der Waals surface area contributed by atoms with Crippen molar-refractivity contribution in [2.75, 3.05) is 6.26 Å². The maximum absolute atomic E-state index is 12.6. The van der Waals surface area contributed by atoms with Crippen LogP contribution in [0, 0.1) is 11.3 Å². The van der Waals surface area contributed by atoms with Crippen molar-refractivity contribution in [1.82, 2.24) is 14.4 Å². The van der Waals surface area contributed by atoms with Gasteiger partial charge in [0.15, 0.2) is 4.96 Å². The van der Waals surface area contributed by atoms with Crippen LogP contribution in [-0.2, 0) is 11.3 Å². The van der Waals surface area contributed by atoms with Crippen molar-refractivity contribution >= 4 is 34.0 Å². The third kappa shape index (κ3) is 3.46. The first kappa shape index (κ1) is 17.7. The van der Waals surface area contributed by atoms with E-state index in [9.17, 15) is 14.9 Å². The zero-order valence-electron chi connectivity index (χ0n) is 14.3. The third-order valence-electron chi connectivity index (χ3n) is 4.23. The van der Waals surface area contributed by atoms with E-state index in [1.54, 1.807) is 17.6 Å². The van der Waals surface area contributed by atoms with Gasteiger partial charge < -0.3 is 4.74 Å². The fourth-order valence-corrected chi connectivity index (χ4v) is 4.02. The monoisotopic (exact) mass is 398 g/mol. The molecule has 3 heterocycles. The molecule has 0 amide bonds. The van der Waals surface area contributed by atoms with Crippen molar-refractivity contribution in [2.24, 2.45) is 0 Å². The minimum absolute atomic E-state index is 0.136. The molecular formula is C18H14N4O3S2. The second-order valence-electron chi connectivity index (χ2n) is 6.08. The van der Waals surface area contributed by atoms with E-state index in [2.05, 4.69) is 16.0 Å². The minimum Gasteiger partial charge on any atom is -0.456 e. The SMILES string of the molecule is CSc1nc(C2CC2)cc(C(=O)OCc2cc(=O)n3ccsc3n2)c1C#N. The van der Waals surface area contributed by atoms with Crippen LogP contribution in [0.15, 0.2) is 33.5 Å². The summed E-state index contributed by atoms with van der Waals surface area (Å²) in [6, 6.07) is 5.06. The molecule has 0 spiro atoms.